The van der Waals surface area contributed by atoms with E-state index in [0.717, 1.165) is 25.9 Å². The number of hydrogen-bond donors (Lipinski definition) is 1. The third-order valence-electron chi connectivity index (χ3n) is 4.79. The van der Waals surface area contributed by atoms with Crippen LogP contribution in [0.15, 0.2) is 54.6 Å². The van der Waals surface area contributed by atoms with Gasteiger partial charge in [0, 0.05) is 13.1 Å². The van der Waals surface area contributed by atoms with Crippen molar-refractivity contribution in [3.05, 3.63) is 71.3 Å². The highest BCUT2D eigenvalue weighted by atomic mass is 16.5. The highest BCUT2D eigenvalue weighted by Crippen LogP contribution is 2.50. The molecule has 4 rings (SSSR count). The highest BCUT2D eigenvalue weighted by molar-refractivity contribution is 5.43. The second kappa shape index (κ2) is 4.95. The molecule has 2 heterocycles. The van der Waals surface area contributed by atoms with Crippen LogP contribution >= 0.6 is 0 Å². The molecule has 0 aromatic heterocycles. The lowest BCUT2D eigenvalue weighted by Crippen LogP contribution is -2.45. The van der Waals surface area contributed by atoms with Gasteiger partial charge in [0.15, 0.2) is 0 Å². The smallest absolute Gasteiger partial charge is 0.109 e. The number of fused-ring (bicyclic) bond motifs is 2. The van der Waals surface area contributed by atoms with Gasteiger partial charge in [0.2, 0.25) is 0 Å². The molecule has 3 nitrogen and oxygen atoms in total. The first kappa shape index (κ1) is 13.0. The fourth-order valence-electron chi connectivity index (χ4n) is 3.64. The van der Waals surface area contributed by atoms with Crippen molar-refractivity contribution >= 4 is 0 Å². The predicted octanol–water partition coefficient (Wildman–Crippen LogP) is 2.97. The maximum atomic E-state index is 6.61. The van der Waals surface area contributed by atoms with Crippen molar-refractivity contribution in [2.45, 2.75) is 24.5 Å². The number of ether oxygens (including phenoxy) is 1. The lowest BCUT2D eigenvalue weighted by molar-refractivity contribution is -0.0970. The summed E-state index contributed by atoms with van der Waals surface area (Å²) in [6.07, 6.45) is 1.97. The van der Waals surface area contributed by atoms with E-state index in [0.29, 0.717) is 0 Å². The summed E-state index contributed by atoms with van der Waals surface area (Å²) in [4.78, 5) is 0. The summed E-state index contributed by atoms with van der Waals surface area (Å²) in [5.74, 6) is 5.93. The topological polar surface area (TPSA) is 38.5 Å². The molecule has 2 N–H and O–H groups in total. The molecule has 0 unspecified atom stereocenters. The van der Waals surface area contributed by atoms with E-state index in [2.05, 4.69) is 48.5 Å². The molecule has 2 aliphatic heterocycles. The van der Waals surface area contributed by atoms with Crippen LogP contribution in [-0.2, 0) is 10.3 Å². The molecule has 0 amide bonds. The van der Waals surface area contributed by atoms with E-state index in [1.165, 1.54) is 16.7 Å². The molecule has 1 fully saturated rings. The summed E-state index contributed by atoms with van der Waals surface area (Å²) in [5.41, 5.74) is 3.74. The Balaban J connectivity index is 1.77. The zero-order valence-electron chi connectivity index (χ0n) is 12.0. The Hall–Kier alpha value is -1.68. The quantitative estimate of drug-likeness (QED) is 0.816. The molecule has 2 aromatic carbocycles. The molecule has 0 saturated carbocycles. The van der Waals surface area contributed by atoms with E-state index in [4.69, 9.17) is 10.6 Å². The van der Waals surface area contributed by atoms with Crippen LogP contribution in [0.2, 0.25) is 0 Å². The molecule has 1 spiro atoms. The first-order valence-electron chi connectivity index (χ1n) is 7.60. The standard InChI is InChI=1S/C18H20N2O/c19-20-12-10-18(11-13-20)16-9-5-4-8-15(16)17(21-18)14-6-2-1-3-7-14/h1-9,17H,10-13,19H2/t17-/m1/s1. The first-order valence-corrected chi connectivity index (χ1v) is 7.60. The van der Waals surface area contributed by atoms with Crippen molar-refractivity contribution in [3.8, 4) is 0 Å². The van der Waals surface area contributed by atoms with Gasteiger partial charge >= 0.3 is 0 Å². The minimum atomic E-state index is -0.160. The number of hydrogen-bond acceptors (Lipinski definition) is 3. The lowest BCUT2D eigenvalue weighted by atomic mass is 9.83. The largest absolute Gasteiger partial charge is 0.358 e. The summed E-state index contributed by atoms with van der Waals surface area (Å²) in [6.45, 7) is 1.77. The van der Waals surface area contributed by atoms with Crippen LogP contribution in [0.3, 0.4) is 0 Å². The molecule has 3 heteroatoms. The van der Waals surface area contributed by atoms with Gasteiger partial charge in [-0.3, -0.25) is 5.84 Å². The summed E-state index contributed by atoms with van der Waals surface area (Å²) in [5, 5.41) is 1.90. The van der Waals surface area contributed by atoms with Crippen molar-refractivity contribution in [2.24, 2.45) is 5.84 Å². The van der Waals surface area contributed by atoms with E-state index >= 15 is 0 Å². The lowest BCUT2D eigenvalue weighted by Gasteiger charge is -2.38. The fraction of sp³-hybridized carbons (Fsp3) is 0.333. The first-order chi connectivity index (χ1) is 10.3. The van der Waals surface area contributed by atoms with Crippen LogP contribution in [0.4, 0.5) is 0 Å². The Morgan fingerprint density at radius 1 is 0.952 bits per heavy atom. The molecule has 2 aliphatic rings. The number of piperidine rings is 1. The minimum absolute atomic E-state index is 0.0479. The zero-order chi connectivity index (χ0) is 14.3. The van der Waals surface area contributed by atoms with E-state index in [1.54, 1.807) is 0 Å². The van der Waals surface area contributed by atoms with Crippen LogP contribution in [-0.4, -0.2) is 18.1 Å². The molecule has 21 heavy (non-hydrogen) atoms. The third kappa shape index (κ3) is 2.09. The Kier molecular flexibility index (Phi) is 3.07. The van der Waals surface area contributed by atoms with Crippen LogP contribution in [0, 0.1) is 0 Å². The third-order valence-corrected chi connectivity index (χ3v) is 4.79. The van der Waals surface area contributed by atoms with Gasteiger partial charge in [0.25, 0.3) is 0 Å². The number of rotatable bonds is 1. The van der Waals surface area contributed by atoms with Gasteiger partial charge < -0.3 is 4.74 Å². The fourth-order valence-corrected chi connectivity index (χ4v) is 3.64. The molecular formula is C18H20N2O. The molecule has 1 saturated heterocycles. The average Bonchev–Trinajstić information content (AvgIpc) is 2.87. The second-order valence-electron chi connectivity index (χ2n) is 6.03. The Labute approximate surface area is 125 Å². The Morgan fingerprint density at radius 2 is 1.62 bits per heavy atom. The monoisotopic (exact) mass is 280 g/mol. The van der Waals surface area contributed by atoms with E-state index in [1.807, 2.05) is 11.1 Å². The van der Waals surface area contributed by atoms with E-state index < -0.39 is 0 Å². The highest BCUT2D eigenvalue weighted by Gasteiger charge is 2.46. The molecule has 108 valence electrons. The van der Waals surface area contributed by atoms with E-state index in [9.17, 15) is 0 Å². The Morgan fingerprint density at radius 3 is 2.38 bits per heavy atom. The van der Waals surface area contributed by atoms with Crippen LogP contribution in [0.1, 0.15) is 35.6 Å². The number of benzene rings is 2. The van der Waals surface area contributed by atoms with Gasteiger partial charge in [-0.1, -0.05) is 54.6 Å². The summed E-state index contributed by atoms with van der Waals surface area (Å²) >= 11 is 0. The second-order valence-corrected chi connectivity index (χ2v) is 6.03. The summed E-state index contributed by atoms with van der Waals surface area (Å²) in [6, 6.07) is 19.2. The maximum absolute atomic E-state index is 6.61. The Bertz CT molecular complexity index is 633. The van der Waals surface area contributed by atoms with Crippen molar-refractivity contribution in [2.75, 3.05) is 13.1 Å². The van der Waals surface area contributed by atoms with Crippen molar-refractivity contribution in [1.82, 2.24) is 5.01 Å². The summed E-state index contributed by atoms with van der Waals surface area (Å²) < 4.78 is 6.61. The van der Waals surface area contributed by atoms with Gasteiger partial charge in [-0.2, -0.15) is 0 Å². The van der Waals surface area contributed by atoms with Crippen molar-refractivity contribution in [3.63, 3.8) is 0 Å². The van der Waals surface area contributed by atoms with E-state index in [-0.39, 0.29) is 11.7 Å². The van der Waals surface area contributed by atoms with Gasteiger partial charge in [-0.05, 0) is 29.5 Å². The SMILES string of the molecule is NN1CCC2(CC1)O[C@H](c1ccccc1)c1ccccc12. The molecule has 1 atom stereocenters. The molecule has 0 bridgehead atoms. The van der Waals surface area contributed by atoms with Crippen molar-refractivity contribution < 1.29 is 4.74 Å². The average molecular weight is 280 g/mol. The minimum Gasteiger partial charge on any atom is -0.358 e. The number of hydrazine groups is 1. The molecule has 0 radical (unpaired) electrons. The van der Waals surface area contributed by atoms with Gasteiger partial charge in [0.1, 0.15) is 6.10 Å². The maximum Gasteiger partial charge on any atom is 0.109 e. The normalized spacial score (nSPS) is 24.1. The number of nitrogens with zero attached hydrogens (tertiary/aromatic N) is 1. The molecule has 2 aromatic rings. The van der Waals surface area contributed by atoms with Crippen LogP contribution < -0.4 is 5.84 Å². The molecule has 0 aliphatic carbocycles. The predicted molar refractivity (Wildman–Crippen MR) is 82.5 cm³/mol. The van der Waals surface area contributed by atoms with Crippen LogP contribution in [0.25, 0.3) is 0 Å². The number of nitrogens with two attached hydrogens (primary N) is 1. The van der Waals surface area contributed by atoms with Gasteiger partial charge in [-0.15, -0.1) is 0 Å². The van der Waals surface area contributed by atoms with Gasteiger partial charge in [-0.25, -0.2) is 5.01 Å². The van der Waals surface area contributed by atoms with Crippen molar-refractivity contribution in [1.29, 1.82) is 0 Å². The van der Waals surface area contributed by atoms with Crippen LogP contribution in [0.5, 0.6) is 0 Å². The zero-order valence-corrected chi connectivity index (χ0v) is 12.0. The summed E-state index contributed by atoms with van der Waals surface area (Å²) in [7, 11) is 0. The molecular weight excluding hydrogens is 260 g/mol. The van der Waals surface area contributed by atoms with Gasteiger partial charge in [0.05, 0.1) is 5.60 Å².